The van der Waals surface area contributed by atoms with E-state index >= 15 is 0 Å². The summed E-state index contributed by atoms with van der Waals surface area (Å²) in [5.74, 6) is 0.252. The average molecular weight is 477 g/mol. The molecular weight excluding hydrogens is 456 g/mol. The monoisotopic (exact) mass is 476 g/mol. The molecule has 1 aromatic carbocycles. The maximum Gasteiger partial charge on any atom is 0.344 e. The second-order valence-electron chi connectivity index (χ2n) is 6.87. The van der Waals surface area contributed by atoms with E-state index in [9.17, 15) is 9.59 Å². The van der Waals surface area contributed by atoms with E-state index in [1.165, 1.54) is 42.7 Å². The van der Waals surface area contributed by atoms with Crippen LogP contribution in [-0.2, 0) is 16.1 Å². The Morgan fingerprint density at radius 3 is 2.65 bits per heavy atom. The number of hydrogen-bond donors (Lipinski definition) is 0. The Morgan fingerprint density at radius 2 is 1.88 bits per heavy atom. The summed E-state index contributed by atoms with van der Waals surface area (Å²) < 4.78 is 16.5. The summed E-state index contributed by atoms with van der Waals surface area (Å²) in [7, 11) is 1.54. The van der Waals surface area contributed by atoms with Gasteiger partial charge in [0.25, 0.3) is 0 Å². The van der Waals surface area contributed by atoms with E-state index in [0.29, 0.717) is 28.0 Å². The summed E-state index contributed by atoms with van der Waals surface area (Å²) in [6.07, 6.45) is 4.65. The van der Waals surface area contributed by atoms with Gasteiger partial charge in [0.15, 0.2) is 5.13 Å². The van der Waals surface area contributed by atoms with Gasteiger partial charge >= 0.3 is 5.97 Å². The molecule has 4 aromatic rings. The SMILES string of the molecule is COc1ccccc1N(C(C)=O)c1nc(COC(=O)c2cccnc2Oc2cccnc2)cs1. The van der Waals surface area contributed by atoms with Crippen molar-refractivity contribution in [3.8, 4) is 17.4 Å². The predicted octanol–water partition coefficient (Wildman–Crippen LogP) is 4.78. The van der Waals surface area contributed by atoms with E-state index in [-0.39, 0.29) is 24.0 Å². The van der Waals surface area contributed by atoms with Crippen molar-refractivity contribution >= 4 is 34.0 Å². The van der Waals surface area contributed by atoms with Gasteiger partial charge in [-0.15, -0.1) is 11.3 Å². The fourth-order valence-corrected chi connectivity index (χ4v) is 3.92. The molecule has 0 fully saturated rings. The van der Waals surface area contributed by atoms with Crippen molar-refractivity contribution in [1.82, 2.24) is 15.0 Å². The molecule has 0 atom stereocenters. The molecule has 0 aliphatic carbocycles. The minimum absolute atomic E-state index is 0.0891. The Labute approximate surface area is 199 Å². The number of ether oxygens (including phenoxy) is 3. The maximum atomic E-state index is 12.7. The number of esters is 1. The largest absolute Gasteiger partial charge is 0.495 e. The number of pyridine rings is 2. The molecular formula is C24H20N4O5S. The molecule has 0 aliphatic heterocycles. The fraction of sp³-hybridized carbons (Fsp3) is 0.125. The van der Waals surface area contributed by atoms with Crippen LogP contribution in [0.3, 0.4) is 0 Å². The Morgan fingerprint density at radius 1 is 1.06 bits per heavy atom. The lowest BCUT2D eigenvalue weighted by molar-refractivity contribution is -0.115. The third-order valence-corrected chi connectivity index (χ3v) is 5.44. The van der Waals surface area contributed by atoms with Crippen LogP contribution >= 0.6 is 11.3 Å². The van der Waals surface area contributed by atoms with Crippen LogP contribution in [0.5, 0.6) is 17.4 Å². The molecule has 0 N–H and O–H groups in total. The number of aromatic nitrogens is 3. The van der Waals surface area contributed by atoms with E-state index in [1.807, 2.05) is 12.1 Å². The van der Waals surface area contributed by atoms with Gasteiger partial charge in [0.1, 0.15) is 23.7 Å². The number of para-hydroxylation sites is 2. The second-order valence-corrected chi connectivity index (χ2v) is 7.71. The normalized spacial score (nSPS) is 10.4. The third kappa shape index (κ3) is 5.18. The first-order valence-corrected chi connectivity index (χ1v) is 11.0. The molecule has 0 bridgehead atoms. The first-order valence-electron chi connectivity index (χ1n) is 10.1. The van der Waals surface area contributed by atoms with Crippen LogP contribution in [0.1, 0.15) is 23.0 Å². The summed E-state index contributed by atoms with van der Waals surface area (Å²) in [6, 6.07) is 13.8. The highest BCUT2D eigenvalue weighted by Crippen LogP contribution is 2.35. The van der Waals surface area contributed by atoms with Crippen LogP contribution < -0.4 is 14.4 Å². The number of thiazole rings is 1. The summed E-state index contributed by atoms with van der Waals surface area (Å²) >= 11 is 1.26. The highest BCUT2D eigenvalue weighted by molar-refractivity contribution is 7.14. The van der Waals surface area contributed by atoms with Crippen molar-refractivity contribution in [3.63, 3.8) is 0 Å². The molecule has 0 radical (unpaired) electrons. The zero-order valence-corrected chi connectivity index (χ0v) is 19.2. The van der Waals surface area contributed by atoms with Gasteiger partial charge < -0.3 is 14.2 Å². The average Bonchev–Trinajstić information content (AvgIpc) is 3.32. The van der Waals surface area contributed by atoms with Crippen LogP contribution in [0.15, 0.2) is 72.5 Å². The molecule has 34 heavy (non-hydrogen) atoms. The Balaban J connectivity index is 1.48. The van der Waals surface area contributed by atoms with Gasteiger partial charge in [-0.05, 0) is 36.4 Å². The van der Waals surface area contributed by atoms with E-state index < -0.39 is 5.97 Å². The van der Waals surface area contributed by atoms with Gasteiger partial charge in [0.2, 0.25) is 11.8 Å². The van der Waals surface area contributed by atoms with Gasteiger partial charge in [0.05, 0.1) is 24.7 Å². The molecule has 1 amide bonds. The van der Waals surface area contributed by atoms with Crippen molar-refractivity contribution in [3.05, 3.63) is 83.8 Å². The summed E-state index contributed by atoms with van der Waals surface area (Å²) in [5, 5.41) is 2.16. The standard InChI is InChI=1S/C24H20N4O5S/c1-16(29)28(20-9-3-4-10-21(20)31-2)24-27-17(15-34-24)14-32-23(30)19-8-6-12-26-22(19)33-18-7-5-11-25-13-18/h3-13,15H,14H2,1-2H3. The van der Waals surface area contributed by atoms with Crippen molar-refractivity contribution in [2.45, 2.75) is 13.5 Å². The van der Waals surface area contributed by atoms with Crippen LogP contribution in [0, 0.1) is 0 Å². The number of anilines is 2. The molecule has 0 saturated heterocycles. The molecule has 3 heterocycles. The smallest absolute Gasteiger partial charge is 0.344 e. The topological polar surface area (TPSA) is 104 Å². The first-order chi connectivity index (χ1) is 16.6. The zero-order valence-electron chi connectivity index (χ0n) is 18.4. The Bertz CT molecular complexity index is 1300. The van der Waals surface area contributed by atoms with Crippen LogP contribution in [0.4, 0.5) is 10.8 Å². The predicted molar refractivity (Wildman–Crippen MR) is 126 cm³/mol. The Kier molecular flexibility index (Phi) is 7.09. The quantitative estimate of drug-likeness (QED) is 0.335. The molecule has 172 valence electrons. The van der Waals surface area contributed by atoms with Crippen molar-refractivity contribution in [1.29, 1.82) is 0 Å². The van der Waals surface area contributed by atoms with E-state index in [2.05, 4.69) is 15.0 Å². The molecule has 0 aliphatic rings. The van der Waals surface area contributed by atoms with Gasteiger partial charge in [-0.1, -0.05) is 12.1 Å². The van der Waals surface area contributed by atoms with Crippen molar-refractivity contribution in [2.24, 2.45) is 0 Å². The van der Waals surface area contributed by atoms with Crippen LogP contribution in [0.2, 0.25) is 0 Å². The number of rotatable bonds is 8. The van der Waals surface area contributed by atoms with Crippen molar-refractivity contribution in [2.75, 3.05) is 12.0 Å². The Hall–Kier alpha value is -4.31. The van der Waals surface area contributed by atoms with E-state index in [4.69, 9.17) is 14.2 Å². The number of carbonyl (C=O) groups is 2. The molecule has 10 heteroatoms. The number of nitrogens with zero attached hydrogens (tertiary/aromatic N) is 4. The summed E-state index contributed by atoms with van der Waals surface area (Å²) in [5.41, 5.74) is 1.23. The first kappa shape index (κ1) is 22.9. The van der Waals surface area contributed by atoms with Crippen LogP contribution in [-0.4, -0.2) is 33.9 Å². The lowest BCUT2D eigenvalue weighted by Crippen LogP contribution is -2.23. The summed E-state index contributed by atoms with van der Waals surface area (Å²) in [6.45, 7) is 1.36. The third-order valence-electron chi connectivity index (χ3n) is 4.56. The molecule has 9 nitrogen and oxygen atoms in total. The fourth-order valence-electron chi connectivity index (χ4n) is 3.05. The lowest BCUT2D eigenvalue weighted by Gasteiger charge is -2.20. The summed E-state index contributed by atoms with van der Waals surface area (Å²) in [4.78, 5) is 39.1. The van der Waals surface area contributed by atoms with Crippen LogP contribution in [0.25, 0.3) is 0 Å². The van der Waals surface area contributed by atoms with Gasteiger partial charge in [-0.3, -0.25) is 14.7 Å². The highest BCUT2D eigenvalue weighted by Gasteiger charge is 2.22. The van der Waals surface area contributed by atoms with E-state index in [1.54, 1.807) is 48.0 Å². The zero-order chi connectivity index (χ0) is 23.9. The maximum absolute atomic E-state index is 12.7. The highest BCUT2D eigenvalue weighted by atomic mass is 32.1. The number of benzene rings is 1. The second kappa shape index (κ2) is 10.5. The molecule has 3 aromatic heterocycles. The van der Waals surface area contributed by atoms with Gasteiger partial charge in [-0.2, -0.15) is 0 Å². The van der Waals surface area contributed by atoms with Crippen molar-refractivity contribution < 1.29 is 23.8 Å². The minimum Gasteiger partial charge on any atom is -0.495 e. The number of methoxy groups -OCH3 is 1. The molecule has 0 spiro atoms. The van der Waals surface area contributed by atoms with Gasteiger partial charge in [-0.25, -0.2) is 14.8 Å². The minimum atomic E-state index is -0.616. The molecule has 0 unspecified atom stereocenters. The number of amides is 1. The molecule has 0 saturated carbocycles. The van der Waals surface area contributed by atoms with Gasteiger partial charge in [0, 0.05) is 24.7 Å². The number of hydrogen-bond acceptors (Lipinski definition) is 9. The van der Waals surface area contributed by atoms with E-state index in [0.717, 1.165) is 0 Å². The lowest BCUT2D eigenvalue weighted by atomic mass is 10.2. The number of carbonyl (C=O) groups excluding carboxylic acids is 2. The molecule has 4 rings (SSSR count).